The lowest BCUT2D eigenvalue weighted by atomic mass is 10.0. The quantitative estimate of drug-likeness (QED) is 0.330. The molecule has 1 aliphatic carbocycles. The first-order chi connectivity index (χ1) is 16.9. The molecule has 0 heterocycles. The Labute approximate surface area is 211 Å². The lowest BCUT2D eigenvalue weighted by Crippen LogP contribution is -2.55. The zero-order valence-corrected chi connectivity index (χ0v) is 21.4. The fraction of sp³-hybridized carbons (Fsp3) is 0.600. The van der Waals surface area contributed by atoms with Crippen molar-refractivity contribution in [1.82, 2.24) is 15.5 Å². The number of nitrogens with zero attached hydrogens (tertiary/aromatic N) is 1. The summed E-state index contributed by atoms with van der Waals surface area (Å²) in [6, 6.07) is 3.04. The minimum atomic E-state index is -1.35. The molecule has 0 aliphatic heterocycles. The number of esters is 1. The Morgan fingerprint density at radius 1 is 1.17 bits per heavy atom. The second-order valence-electron chi connectivity index (χ2n) is 9.75. The molecule has 0 saturated heterocycles. The van der Waals surface area contributed by atoms with Crippen LogP contribution in [0, 0.1) is 5.92 Å². The Balaban J connectivity index is 2.34. The molecule has 1 aliphatic rings. The van der Waals surface area contributed by atoms with Crippen molar-refractivity contribution in [1.29, 1.82) is 0 Å². The van der Waals surface area contributed by atoms with E-state index < -0.39 is 48.2 Å². The number of phenols is 1. The highest BCUT2D eigenvalue weighted by atomic mass is 16.6. The highest BCUT2D eigenvalue weighted by molar-refractivity contribution is 5.92. The Bertz CT molecular complexity index is 928. The van der Waals surface area contributed by atoms with E-state index in [1.165, 1.54) is 29.2 Å². The number of hydrogen-bond donors (Lipinski definition) is 4. The van der Waals surface area contributed by atoms with Crippen LogP contribution in [-0.4, -0.2) is 76.4 Å². The van der Waals surface area contributed by atoms with Gasteiger partial charge in [0, 0.05) is 12.6 Å². The molecular weight excluding hydrogens is 470 g/mol. The highest BCUT2D eigenvalue weighted by Gasteiger charge is 2.48. The van der Waals surface area contributed by atoms with Gasteiger partial charge in [-0.3, -0.25) is 14.4 Å². The Hall–Kier alpha value is -3.34. The van der Waals surface area contributed by atoms with Crippen LogP contribution < -0.4 is 10.6 Å². The summed E-state index contributed by atoms with van der Waals surface area (Å²) in [4.78, 5) is 52.4. The van der Waals surface area contributed by atoms with E-state index in [2.05, 4.69) is 10.6 Å². The van der Waals surface area contributed by atoms with Gasteiger partial charge in [0.25, 0.3) is 0 Å². The van der Waals surface area contributed by atoms with Crippen molar-refractivity contribution >= 4 is 23.9 Å². The smallest absolute Gasteiger partial charge is 0.408 e. The van der Waals surface area contributed by atoms with Crippen molar-refractivity contribution in [2.75, 3.05) is 19.8 Å². The second kappa shape index (κ2) is 12.6. The van der Waals surface area contributed by atoms with E-state index in [-0.39, 0.29) is 37.3 Å². The molecule has 0 bridgehead atoms. The fourth-order valence-corrected chi connectivity index (χ4v) is 3.70. The second-order valence-corrected chi connectivity index (χ2v) is 9.75. The Morgan fingerprint density at radius 3 is 2.28 bits per heavy atom. The molecule has 0 aromatic heterocycles. The molecule has 1 aromatic rings. The van der Waals surface area contributed by atoms with Crippen LogP contribution in [0.25, 0.3) is 0 Å². The summed E-state index contributed by atoms with van der Waals surface area (Å²) in [6.07, 6.45) is -0.297. The molecule has 0 spiro atoms. The molecule has 4 N–H and O–H groups in total. The van der Waals surface area contributed by atoms with Crippen LogP contribution >= 0.6 is 0 Å². The predicted molar refractivity (Wildman–Crippen MR) is 130 cm³/mol. The van der Waals surface area contributed by atoms with E-state index in [1.54, 1.807) is 27.7 Å². The molecule has 11 heteroatoms. The van der Waals surface area contributed by atoms with Crippen LogP contribution in [0.3, 0.4) is 0 Å². The number of hydrogen-bond acceptors (Lipinski definition) is 8. The topological polar surface area (TPSA) is 154 Å². The monoisotopic (exact) mass is 507 g/mol. The number of amides is 3. The number of nitrogens with one attached hydrogen (secondary N) is 2. The zero-order chi connectivity index (χ0) is 27.0. The van der Waals surface area contributed by atoms with Crippen molar-refractivity contribution in [2.24, 2.45) is 5.92 Å². The molecule has 200 valence electrons. The SMILES string of the molecule is CCOC(=O)CCNC(=O)C(c1ccc(O)cc1)N(C(=O)C(CO)NC(=O)OC(C)(C)C)C1CC1C. The number of ether oxygens (including phenoxy) is 2. The molecule has 4 unspecified atom stereocenters. The number of aliphatic hydroxyl groups is 1. The zero-order valence-electron chi connectivity index (χ0n) is 21.4. The average Bonchev–Trinajstić information content (AvgIpc) is 3.50. The van der Waals surface area contributed by atoms with Crippen LogP contribution in [0.5, 0.6) is 5.75 Å². The summed E-state index contributed by atoms with van der Waals surface area (Å²) in [5, 5.41) is 24.7. The summed E-state index contributed by atoms with van der Waals surface area (Å²) < 4.78 is 10.1. The fourth-order valence-electron chi connectivity index (χ4n) is 3.70. The standard InChI is InChI=1S/C25H37N3O8/c1-6-35-20(31)11-12-26-22(32)21(16-7-9-17(30)10-8-16)28(19-13-15(19)2)23(33)18(14-29)27-24(34)36-25(3,4)5/h7-10,15,18-19,21,29-30H,6,11-14H2,1-5H3,(H,26,32)(H,27,34). The minimum Gasteiger partial charge on any atom is -0.508 e. The van der Waals surface area contributed by atoms with Gasteiger partial charge in [0.05, 0.1) is 19.6 Å². The van der Waals surface area contributed by atoms with Gasteiger partial charge in [-0.1, -0.05) is 19.1 Å². The van der Waals surface area contributed by atoms with Crippen molar-refractivity contribution in [3.63, 3.8) is 0 Å². The van der Waals surface area contributed by atoms with Crippen molar-refractivity contribution < 1.29 is 38.9 Å². The maximum atomic E-state index is 13.6. The third-order valence-electron chi connectivity index (χ3n) is 5.52. The van der Waals surface area contributed by atoms with E-state index in [9.17, 15) is 29.4 Å². The van der Waals surface area contributed by atoms with E-state index in [4.69, 9.17) is 9.47 Å². The molecule has 0 radical (unpaired) electrons. The molecule has 4 atom stereocenters. The van der Waals surface area contributed by atoms with Crippen LogP contribution in [0.4, 0.5) is 4.79 Å². The number of aliphatic hydroxyl groups excluding tert-OH is 1. The van der Waals surface area contributed by atoms with Gasteiger partial charge in [-0.15, -0.1) is 0 Å². The van der Waals surface area contributed by atoms with Gasteiger partial charge in [-0.25, -0.2) is 4.79 Å². The first-order valence-corrected chi connectivity index (χ1v) is 12.0. The molecule has 2 rings (SSSR count). The maximum Gasteiger partial charge on any atom is 0.408 e. The summed E-state index contributed by atoms with van der Waals surface area (Å²) >= 11 is 0. The van der Waals surface area contributed by atoms with Crippen LogP contribution in [0.15, 0.2) is 24.3 Å². The van der Waals surface area contributed by atoms with E-state index >= 15 is 0 Å². The Kier molecular flexibility index (Phi) is 10.1. The number of benzene rings is 1. The maximum absolute atomic E-state index is 13.6. The van der Waals surface area contributed by atoms with Gasteiger partial charge in [0.2, 0.25) is 11.8 Å². The molecule has 3 amide bonds. The Morgan fingerprint density at radius 2 is 1.78 bits per heavy atom. The van der Waals surface area contributed by atoms with Gasteiger partial charge >= 0.3 is 12.1 Å². The molecule has 1 aromatic carbocycles. The largest absolute Gasteiger partial charge is 0.508 e. The van der Waals surface area contributed by atoms with Crippen LogP contribution in [-0.2, 0) is 23.9 Å². The van der Waals surface area contributed by atoms with Gasteiger partial charge in [0.1, 0.15) is 23.4 Å². The summed E-state index contributed by atoms with van der Waals surface area (Å²) in [5.74, 6) is -1.60. The number of alkyl carbamates (subject to hydrolysis) is 1. The van der Waals surface area contributed by atoms with E-state index in [0.717, 1.165) is 0 Å². The molecule has 11 nitrogen and oxygen atoms in total. The molecule has 36 heavy (non-hydrogen) atoms. The van der Waals surface area contributed by atoms with Crippen molar-refractivity contribution in [2.45, 2.75) is 71.2 Å². The number of rotatable bonds is 11. The minimum absolute atomic E-state index is 0.00586. The summed E-state index contributed by atoms with van der Waals surface area (Å²) in [6.45, 7) is 8.12. The molecule has 1 fully saturated rings. The van der Waals surface area contributed by atoms with Gasteiger partial charge < -0.3 is 35.2 Å². The number of carbonyl (C=O) groups is 4. The van der Waals surface area contributed by atoms with E-state index in [1.807, 2.05) is 6.92 Å². The third kappa shape index (κ3) is 8.40. The normalized spacial score (nSPS) is 18.4. The average molecular weight is 508 g/mol. The predicted octanol–water partition coefficient (Wildman–Crippen LogP) is 1.63. The highest BCUT2D eigenvalue weighted by Crippen LogP contribution is 2.40. The third-order valence-corrected chi connectivity index (χ3v) is 5.52. The number of carbonyl (C=O) groups excluding carboxylic acids is 4. The van der Waals surface area contributed by atoms with Crippen LogP contribution in [0.1, 0.15) is 59.1 Å². The summed E-state index contributed by atoms with van der Waals surface area (Å²) in [5.41, 5.74) is -0.395. The van der Waals surface area contributed by atoms with Gasteiger partial charge in [-0.2, -0.15) is 0 Å². The molecule has 1 saturated carbocycles. The lowest BCUT2D eigenvalue weighted by Gasteiger charge is -2.34. The van der Waals surface area contributed by atoms with Crippen molar-refractivity contribution in [3.8, 4) is 5.75 Å². The van der Waals surface area contributed by atoms with Crippen LogP contribution in [0.2, 0.25) is 0 Å². The first-order valence-electron chi connectivity index (χ1n) is 12.0. The number of aromatic hydroxyl groups is 1. The van der Waals surface area contributed by atoms with Gasteiger partial charge in [0.15, 0.2) is 0 Å². The first kappa shape index (κ1) is 28.9. The summed E-state index contributed by atoms with van der Waals surface area (Å²) in [7, 11) is 0. The van der Waals surface area contributed by atoms with Crippen molar-refractivity contribution in [3.05, 3.63) is 29.8 Å². The lowest BCUT2D eigenvalue weighted by molar-refractivity contribution is -0.145. The van der Waals surface area contributed by atoms with E-state index in [0.29, 0.717) is 12.0 Å². The number of phenolic OH excluding ortho intramolecular Hbond substituents is 1. The van der Waals surface area contributed by atoms with Gasteiger partial charge in [-0.05, 0) is 57.7 Å². The molecular formula is C25H37N3O8.